The van der Waals surface area contributed by atoms with Gasteiger partial charge in [0.15, 0.2) is 0 Å². The zero-order chi connectivity index (χ0) is 26.9. The Balaban J connectivity index is 1.17. The number of aliphatic carboxylic acids is 1. The molecule has 3 aromatic rings. The molecular formula is C32H33IO4S. The standard InChI is InChI=1S/C32H33IO4S/c33-24-17-14-22(15-18-24)16-19-25(38)9-3-1-2-8-23(32(35)36)20-31(34)37-21-30-28-12-6-4-10-26(28)27-11-5-7-13-29(27)30/h4-7,10-15,17-18,23,30H,1-3,8-9,16,19-21H2,(H,35,36)/t23-/m0/s1. The van der Waals surface area contributed by atoms with Crippen LogP contribution in [-0.2, 0) is 20.7 Å². The van der Waals surface area contributed by atoms with E-state index in [2.05, 4.69) is 71.1 Å². The van der Waals surface area contributed by atoms with Crippen LogP contribution in [0.4, 0.5) is 0 Å². The number of aryl methyl sites for hydroxylation is 1. The quantitative estimate of drug-likeness (QED) is 0.0838. The van der Waals surface area contributed by atoms with E-state index in [9.17, 15) is 14.7 Å². The lowest BCUT2D eigenvalue weighted by atomic mass is 9.96. The van der Waals surface area contributed by atoms with Gasteiger partial charge in [0.05, 0.1) is 12.3 Å². The molecule has 0 spiro atoms. The van der Waals surface area contributed by atoms with Crippen molar-refractivity contribution in [1.29, 1.82) is 0 Å². The summed E-state index contributed by atoms with van der Waals surface area (Å²) in [6, 6.07) is 24.9. The van der Waals surface area contributed by atoms with Gasteiger partial charge >= 0.3 is 11.9 Å². The lowest BCUT2D eigenvalue weighted by Gasteiger charge is -2.16. The Morgan fingerprint density at radius 2 is 1.50 bits per heavy atom. The molecule has 0 radical (unpaired) electrons. The van der Waals surface area contributed by atoms with Crippen LogP contribution in [-0.4, -0.2) is 28.5 Å². The highest BCUT2D eigenvalue weighted by molar-refractivity contribution is 14.1. The van der Waals surface area contributed by atoms with Crippen LogP contribution < -0.4 is 0 Å². The van der Waals surface area contributed by atoms with Gasteiger partial charge in [-0.2, -0.15) is 0 Å². The lowest BCUT2D eigenvalue weighted by molar-refractivity contribution is -0.152. The smallest absolute Gasteiger partial charge is 0.307 e. The summed E-state index contributed by atoms with van der Waals surface area (Å²) < 4.78 is 6.86. The maximum atomic E-state index is 12.6. The molecule has 198 valence electrons. The summed E-state index contributed by atoms with van der Waals surface area (Å²) in [5.41, 5.74) is 5.93. The van der Waals surface area contributed by atoms with Crippen molar-refractivity contribution in [3.05, 3.63) is 93.1 Å². The van der Waals surface area contributed by atoms with Crippen molar-refractivity contribution in [2.45, 2.75) is 57.3 Å². The van der Waals surface area contributed by atoms with Crippen LogP contribution in [0.25, 0.3) is 11.1 Å². The van der Waals surface area contributed by atoms with Crippen molar-refractivity contribution >= 4 is 51.6 Å². The van der Waals surface area contributed by atoms with Gasteiger partial charge in [-0.05, 0) is 99.5 Å². The van der Waals surface area contributed by atoms with Crippen LogP contribution in [0.15, 0.2) is 72.8 Å². The molecule has 4 rings (SSSR count). The summed E-state index contributed by atoms with van der Waals surface area (Å²) in [7, 11) is 0. The molecule has 0 saturated carbocycles. The van der Waals surface area contributed by atoms with Gasteiger partial charge in [-0.3, -0.25) is 9.59 Å². The molecule has 1 atom stereocenters. The van der Waals surface area contributed by atoms with Crippen molar-refractivity contribution in [3.63, 3.8) is 0 Å². The SMILES string of the molecule is O=C(C[C@H](CCCCCC(=S)CCc1ccc(I)cc1)C(=O)O)OCC1c2ccccc2-c2ccccc21. The second-order valence-electron chi connectivity index (χ2n) is 9.91. The van der Waals surface area contributed by atoms with Gasteiger partial charge in [0.25, 0.3) is 0 Å². The molecule has 0 amide bonds. The number of carboxylic acid groups (broad SMARTS) is 1. The zero-order valence-corrected chi connectivity index (χ0v) is 24.4. The van der Waals surface area contributed by atoms with Gasteiger partial charge in [0, 0.05) is 9.49 Å². The second kappa shape index (κ2) is 14.0. The predicted molar refractivity (Wildman–Crippen MR) is 164 cm³/mol. The van der Waals surface area contributed by atoms with Crippen molar-refractivity contribution in [2.75, 3.05) is 6.61 Å². The predicted octanol–water partition coefficient (Wildman–Crippen LogP) is 7.99. The number of hydrogen-bond donors (Lipinski definition) is 1. The number of hydrogen-bond acceptors (Lipinski definition) is 4. The van der Waals surface area contributed by atoms with Gasteiger partial charge in [-0.15, -0.1) is 0 Å². The highest BCUT2D eigenvalue weighted by Crippen LogP contribution is 2.44. The van der Waals surface area contributed by atoms with Crippen molar-refractivity contribution < 1.29 is 19.4 Å². The van der Waals surface area contributed by atoms with Gasteiger partial charge in [0.1, 0.15) is 6.61 Å². The van der Waals surface area contributed by atoms with E-state index >= 15 is 0 Å². The lowest BCUT2D eigenvalue weighted by Crippen LogP contribution is -2.21. The molecule has 4 nitrogen and oxygen atoms in total. The summed E-state index contributed by atoms with van der Waals surface area (Å²) >= 11 is 7.85. The minimum Gasteiger partial charge on any atom is -0.481 e. The molecule has 38 heavy (non-hydrogen) atoms. The van der Waals surface area contributed by atoms with Crippen LogP contribution in [0.2, 0.25) is 0 Å². The number of fused-ring (bicyclic) bond motifs is 3. The molecule has 0 bridgehead atoms. The van der Waals surface area contributed by atoms with Crippen LogP contribution in [0.5, 0.6) is 0 Å². The summed E-state index contributed by atoms with van der Waals surface area (Å²) in [5.74, 6) is -2.13. The van der Waals surface area contributed by atoms with Gasteiger partial charge in [0.2, 0.25) is 0 Å². The molecule has 0 aliphatic heterocycles. The molecule has 1 N–H and O–H groups in total. The molecule has 0 fully saturated rings. The average molecular weight is 641 g/mol. The van der Waals surface area contributed by atoms with Crippen LogP contribution in [0.3, 0.4) is 0 Å². The van der Waals surface area contributed by atoms with E-state index in [-0.39, 0.29) is 18.9 Å². The number of unbranched alkanes of at least 4 members (excludes halogenated alkanes) is 2. The first-order valence-corrected chi connectivity index (χ1v) is 14.7. The second-order valence-corrected chi connectivity index (χ2v) is 11.7. The maximum Gasteiger partial charge on any atom is 0.307 e. The first-order valence-electron chi connectivity index (χ1n) is 13.2. The van der Waals surface area contributed by atoms with E-state index in [0.717, 1.165) is 54.5 Å². The van der Waals surface area contributed by atoms with E-state index in [4.69, 9.17) is 17.0 Å². The van der Waals surface area contributed by atoms with Gasteiger partial charge in [-0.25, -0.2) is 0 Å². The zero-order valence-electron chi connectivity index (χ0n) is 21.4. The third-order valence-electron chi connectivity index (χ3n) is 7.25. The van der Waals surface area contributed by atoms with E-state index in [0.29, 0.717) is 6.42 Å². The fraction of sp³-hybridized carbons (Fsp3) is 0.344. The number of carbonyl (C=O) groups excluding carboxylic acids is 1. The Hall–Kier alpha value is -2.58. The monoisotopic (exact) mass is 640 g/mol. The molecule has 3 aromatic carbocycles. The summed E-state index contributed by atoms with van der Waals surface area (Å²) in [4.78, 5) is 25.5. The van der Waals surface area contributed by atoms with Crippen molar-refractivity contribution in [2.24, 2.45) is 5.92 Å². The maximum absolute atomic E-state index is 12.6. The fourth-order valence-electron chi connectivity index (χ4n) is 5.14. The molecule has 6 heteroatoms. The van der Waals surface area contributed by atoms with E-state index < -0.39 is 17.9 Å². The van der Waals surface area contributed by atoms with E-state index in [1.165, 1.54) is 20.3 Å². The Labute approximate surface area is 244 Å². The number of benzene rings is 3. The average Bonchev–Trinajstić information content (AvgIpc) is 3.24. The Bertz CT molecular complexity index is 1220. The first-order chi connectivity index (χ1) is 18.4. The number of ether oxygens (including phenoxy) is 1. The minimum atomic E-state index is -0.938. The molecule has 1 aliphatic carbocycles. The van der Waals surface area contributed by atoms with Crippen molar-refractivity contribution in [3.8, 4) is 11.1 Å². The van der Waals surface area contributed by atoms with Gasteiger partial charge < -0.3 is 9.84 Å². The normalized spacial score (nSPS) is 13.0. The topological polar surface area (TPSA) is 63.6 Å². The van der Waals surface area contributed by atoms with E-state index in [1.54, 1.807) is 0 Å². The highest BCUT2D eigenvalue weighted by Gasteiger charge is 2.30. The molecular weight excluding hydrogens is 607 g/mol. The molecule has 0 saturated heterocycles. The number of carboxylic acids is 1. The number of carbonyl (C=O) groups is 2. The molecule has 0 heterocycles. The summed E-state index contributed by atoms with van der Waals surface area (Å²) in [6.07, 6.45) is 5.71. The first kappa shape index (κ1) is 28.4. The van der Waals surface area contributed by atoms with E-state index in [1.807, 2.05) is 24.3 Å². The number of esters is 1. The Morgan fingerprint density at radius 1 is 0.868 bits per heavy atom. The number of halogens is 1. The highest BCUT2D eigenvalue weighted by atomic mass is 127. The summed E-state index contributed by atoms with van der Waals surface area (Å²) in [6.45, 7) is 0.221. The largest absolute Gasteiger partial charge is 0.481 e. The molecule has 0 aromatic heterocycles. The van der Waals surface area contributed by atoms with Gasteiger partial charge in [-0.1, -0.05) is 85.7 Å². The van der Waals surface area contributed by atoms with Crippen molar-refractivity contribution in [1.82, 2.24) is 0 Å². The summed E-state index contributed by atoms with van der Waals surface area (Å²) in [5, 5.41) is 9.67. The molecule has 1 aliphatic rings. The third kappa shape index (κ3) is 7.73. The van der Waals surface area contributed by atoms with Crippen LogP contribution >= 0.6 is 34.8 Å². The minimum absolute atomic E-state index is 0.0240. The van der Waals surface area contributed by atoms with Crippen LogP contribution in [0.1, 0.15) is 67.6 Å². The number of rotatable bonds is 14. The van der Waals surface area contributed by atoms with Crippen LogP contribution in [0, 0.1) is 9.49 Å². The Kier molecular flexibility index (Phi) is 10.5. The fourth-order valence-corrected chi connectivity index (χ4v) is 5.74. The third-order valence-corrected chi connectivity index (χ3v) is 8.38. The number of thiocarbonyl (C=S) groups is 1. The Morgan fingerprint density at radius 3 is 2.13 bits per heavy atom. The molecule has 0 unspecified atom stereocenters.